The number of rotatable bonds is 4. The molecule has 1 N–H and O–H groups in total. The summed E-state index contributed by atoms with van der Waals surface area (Å²) in [4.78, 5) is 27.0. The highest BCUT2D eigenvalue weighted by Gasteiger charge is 2.59. The molecule has 2 aliphatic carbocycles. The highest BCUT2D eigenvalue weighted by Crippen LogP contribution is 2.45. The maximum Gasteiger partial charge on any atom is 0.274 e. The summed E-state index contributed by atoms with van der Waals surface area (Å²) in [5, 5.41) is 10.8. The molecule has 27 heavy (non-hydrogen) atoms. The van der Waals surface area contributed by atoms with Crippen LogP contribution in [0, 0.1) is 5.92 Å². The summed E-state index contributed by atoms with van der Waals surface area (Å²) in [6.45, 7) is 0.720. The zero-order valence-electron chi connectivity index (χ0n) is 14.8. The molecular formula is C21H20N4O2. The first-order valence-corrected chi connectivity index (χ1v) is 9.36. The van der Waals surface area contributed by atoms with Gasteiger partial charge < -0.3 is 10.2 Å². The van der Waals surface area contributed by atoms with E-state index in [0.717, 1.165) is 25.0 Å². The molecule has 6 nitrogen and oxygen atoms in total. The number of amides is 2. The molecule has 3 atom stereocenters. The Kier molecular flexibility index (Phi) is 3.77. The van der Waals surface area contributed by atoms with Gasteiger partial charge in [0.2, 0.25) is 5.91 Å². The second-order valence-corrected chi connectivity index (χ2v) is 7.50. The topological polar surface area (TPSA) is 75.2 Å². The Bertz CT molecular complexity index is 940. The molecule has 1 saturated heterocycles. The summed E-state index contributed by atoms with van der Waals surface area (Å²) in [6.07, 6.45) is 5.86. The van der Waals surface area contributed by atoms with Crippen molar-refractivity contribution in [3.05, 3.63) is 65.0 Å². The maximum absolute atomic E-state index is 12.6. The molecule has 0 bridgehead atoms. The van der Waals surface area contributed by atoms with E-state index in [-0.39, 0.29) is 23.9 Å². The number of hydrogen-bond acceptors (Lipinski definition) is 4. The van der Waals surface area contributed by atoms with Crippen molar-refractivity contribution in [3.8, 4) is 0 Å². The predicted octanol–water partition coefficient (Wildman–Crippen LogP) is 1.84. The van der Waals surface area contributed by atoms with E-state index >= 15 is 0 Å². The van der Waals surface area contributed by atoms with Gasteiger partial charge in [0, 0.05) is 25.1 Å². The molecule has 3 aliphatic rings. The van der Waals surface area contributed by atoms with Gasteiger partial charge in [-0.3, -0.25) is 9.59 Å². The van der Waals surface area contributed by atoms with Crippen LogP contribution in [-0.4, -0.2) is 45.5 Å². The molecule has 2 heterocycles. The van der Waals surface area contributed by atoms with E-state index in [1.165, 1.54) is 11.1 Å². The Morgan fingerprint density at radius 1 is 1.19 bits per heavy atom. The lowest BCUT2D eigenvalue weighted by molar-refractivity contribution is -0.120. The normalized spacial score (nSPS) is 24.8. The monoisotopic (exact) mass is 360 g/mol. The molecule has 136 valence electrons. The minimum Gasteiger partial charge on any atom is -0.351 e. The highest BCUT2D eigenvalue weighted by atomic mass is 16.2. The standard InChI is InChI=1S/C21H20N4O2/c26-18(12-13-10-14-4-1-2-5-15(14)11-13)23-19-16-7-9-25(20(16)19)21(27)17-6-3-8-22-24-17/h1-6,8,10,16,19-20H,7,9,11-12H2,(H,23,26)/t16-,19-,20-/m1/s1. The fraction of sp³-hybridized carbons (Fsp3) is 0.333. The Labute approximate surface area is 157 Å². The summed E-state index contributed by atoms with van der Waals surface area (Å²) >= 11 is 0. The second-order valence-electron chi connectivity index (χ2n) is 7.50. The van der Waals surface area contributed by atoms with Gasteiger partial charge in [0.05, 0.1) is 12.1 Å². The van der Waals surface area contributed by atoms with Crippen LogP contribution in [0.25, 0.3) is 6.08 Å². The SMILES string of the molecule is O=C(CC1=Cc2ccccc2C1)N[C@@H]1[C@H]2CCN(C(=O)c3cccnn3)[C@H]21. The van der Waals surface area contributed by atoms with Gasteiger partial charge in [-0.25, -0.2) is 0 Å². The van der Waals surface area contributed by atoms with Gasteiger partial charge in [0.15, 0.2) is 5.69 Å². The van der Waals surface area contributed by atoms with Crippen LogP contribution in [0.5, 0.6) is 0 Å². The third kappa shape index (κ3) is 2.91. The maximum atomic E-state index is 12.6. The summed E-state index contributed by atoms with van der Waals surface area (Å²) in [5.41, 5.74) is 4.00. The van der Waals surface area contributed by atoms with Crippen molar-refractivity contribution >= 4 is 17.9 Å². The van der Waals surface area contributed by atoms with E-state index in [9.17, 15) is 9.59 Å². The van der Waals surface area contributed by atoms with Gasteiger partial charge in [-0.05, 0) is 36.1 Å². The van der Waals surface area contributed by atoms with E-state index in [2.05, 4.69) is 33.7 Å². The first-order chi connectivity index (χ1) is 13.2. The van der Waals surface area contributed by atoms with E-state index < -0.39 is 0 Å². The summed E-state index contributed by atoms with van der Waals surface area (Å²) in [5.74, 6) is 0.311. The zero-order chi connectivity index (χ0) is 18.4. The number of piperidine rings is 1. The van der Waals surface area contributed by atoms with Crippen LogP contribution < -0.4 is 5.32 Å². The molecule has 1 aromatic carbocycles. The molecule has 1 saturated carbocycles. The summed E-state index contributed by atoms with van der Waals surface area (Å²) in [6, 6.07) is 11.8. The zero-order valence-corrected chi connectivity index (χ0v) is 14.8. The predicted molar refractivity (Wildman–Crippen MR) is 99.6 cm³/mol. The van der Waals surface area contributed by atoms with Crippen LogP contribution in [0.2, 0.25) is 0 Å². The number of aromatic nitrogens is 2. The van der Waals surface area contributed by atoms with Gasteiger partial charge in [-0.1, -0.05) is 35.9 Å². The molecule has 0 radical (unpaired) electrons. The molecule has 2 aromatic rings. The van der Waals surface area contributed by atoms with Crippen molar-refractivity contribution in [2.24, 2.45) is 5.92 Å². The fourth-order valence-electron chi connectivity index (χ4n) is 4.47. The lowest BCUT2D eigenvalue weighted by Crippen LogP contribution is -2.39. The molecular weight excluding hydrogens is 340 g/mol. The quantitative estimate of drug-likeness (QED) is 0.903. The molecule has 5 rings (SSSR count). The molecule has 0 spiro atoms. The average Bonchev–Trinajstić information content (AvgIpc) is 3.04. The summed E-state index contributed by atoms with van der Waals surface area (Å²) < 4.78 is 0. The van der Waals surface area contributed by atoms with Gasteiger partial charge in [0.25, 0.3) is 5.91 Å². The number of nitrogens with zero attached hydrogens (tertiary/aromatic N) is 3. The fourth-order valence-corrected chi connectivity index (χ4v) is 4.47. The number of nitrogens with one attached hydrogen (secondary N) is 1. The molecule has 0 unspecified atom stereocenters. The minimum atomic E-state index is -0.0960. The van der Waals surface area contributed by atoms with Crippen LogP contribution in [-0.2, 0) is 11.2 Å². The van der Waals surface area contributed by atoms with Gasteiger partial charge >= 0.3 is 0 Å². The van der Waals surface area contributed by atoms with Crippen LogP contribution >= 0.6 is 0 Å². The lowest BCUT2D eigenvalue weighted by atomic mass is 10.1. The largest absolute Gasteiger partial charge is 0.351 e. The Balaban J connectivity index is 1.19. The van der Waals surface area contributed by atoms with Crippen molar-refractivity contribution in [2.75, 3.05) is 6.54 Å². The first-order valence-electron chi connectivity index (χ1n) is 9.36. The Hall–Kier alpha value is -3.02. The van der Waals surface area contributed by atoms with Gasteiger partial charge in [0.1, 0.15) is 0 Å². The van der Waals surface area contributed by atoms with Crippen molar-refractivity contribution in [3.63, 3.8) is 0 Å². The van der Waals surface area contributed by atoms with E-state index in [4.69, 9.17) is 0 Å². The van der Waals surface area contributed by atoms with E-state index in [1.807, 2.05) is 17.0 Å². The third-order valence-electron chi connectivity index (χ3n) is 5.79. The molecule has 1 aromatic heterocycles. The number of fused-ring (bicyclic) bond motifs is 2. The number of carbonyl (C=O) groups excluding carboxylic acids is 2. The number of benzene rings is 1. The second kappa shape index (κ2) is 6.30. The average molecular weight is 360 g/mol. The van der Waals surface area contributed by atoms with Crippen LogP contribution in [0.15, 0.2) is 48.2 Å². The van der Waals surface area contributed by atoms with Crippen molar-refractivity contribution in [1.29, 1.82) is 0 Å². The lowest BCUT2D eigenvalue weighted by Gasteiger charge is -2.20. The molecule has 6 heteroatoms. The smallest absolute Gasteiger partial charge is 0.274 e. The first kappa shape index (κ1) is 16.2. The van der Waals surface area contributed by atoms with Crippen molar-refractivity contribution in [2.45, 2.75) is 31.3 Å². The van der Waals surface area contributed by atoms with Gasteiger partial charge in [-0.15, -0.1) is 5.10 Å². The van der Waals surface area contributed by atoms with E-state index in [1.54, 1.807) is 18.3 Å². The molecule has 2 amide bonds. The van der Waals surface area contributed by atoms with Crippen molar-refractivity contribution in [1.82, 2.24) is 20.4 Å². The molecule has 1 aliphatic heterocycles. The molecule has 2 fully saturated rings. The van der Waals surface area contributed by atoms with Crippen LogP contribution in [0.1, 0.15) is 34.5 Å². The number of hydrogen-bond donors (Lipinski definition) is 1. The summed E-state index contributed by atoms with van der Waals surface area (Å²) in [7, 11) is 0. The van der Waals surface area contributed by atoms with E-state index in [0.29, 0.717) is 18.0 Å². The number of likely N-dealkylation sites (tertiary alicyclic amines) is 1. The Morgan fingerprint density at radius 2 is 2.07 bits per heavy atom. The number of carbonyl (C=O) groups is 2. The Morgan fingerprint density at radius 3 is 2.89 bits per heavy atom. The third-order valence-corrected chi connectivity index (χ3v) is 5.79. The minimum absolute atomic E-state index is 0.0420. The highest BCUT2D eigenvalue weighted by molar-refractivity contribution is 5.93. The van der Waals surface area contributed by atoms with Crippen LogP contribution in [0.3, 0.4) is 0 Å². The van der Waals surface area contributed by atoms with Crippen molar-refractivity contribution < 1.29 is 9.59 Å². The van der Waals surface area contributed by atoms with Crippen LogP contribution in [0.4, 0.5) is 0 Å². The van der Waals surface area contributed by atoms with Gasteiger partial charge in [-0.2, -0.15) is 5.10 Å².